The predicted octanol–water partition coefficient (Wildman–Crippen LogP) is 3.19. The maximum Gasteiger partial charge on any atom is 0.401 e. The number of hydrogen-bond acceptors (Lipinski definition) is 4. The second-order valence-electron chi connectivity index (χ2n) is 7.69. The summed E-state index contributed by atoms with van der Waals surface area (Å²) in [4.78, 5) is 8.37. The lowest BCUT2D eigenvalue weighted by molar-refractivity contribution is -0.146. The first-order valence-electron chi connectivity index (χ1n) is 10.4. The molecule has 0 radical (unpaired) electrons. The molecule has 1 saturated heterocycles. The van der Waals surface area contributed by atoms with Gasteiger partial charge >= 0.3 is 6.18 Å². The predicted molar refractivity (Wildman–Crippen MR) is 123 cm³/mol. The molecule has 2 rings (SSSR count). The summed E-state index contributed by atoms with van der Waals surface area (Å²) in [5.74, 6) is 2.63. The number of alkyl halides is 3. The molecule has 1 N–H and O–H groups in total. The van der Waals surface area contributed by atoms with E-state index in [-0.39, 0.29) is 29.9 Å². The Balaban J connectivity index is 0.00000450. The van der Waals surface area contributed by atoms with E-state index >= 15 is 0 Å². The highest BCUT2D eigenvalue weighted by atomic mass is 127. The van der Waals surface area contributed by atoms with Crippen molar-refractivity contribution in [2.45, 2.75) is 52.8 Å². The second-order valence-corrected chi connectivity index (χ2v) is 7.69. The van der Waals surface area contributed by atoms with Crippen LogP contribution in [-0.4, -0.2) is 76.0 Å². The summed E-state index contributed by atoms with van der Waals surface area (Å²) >= 11 is 0. The van der Waals surface area contributed by atoms with Crippen molar-refractivity contribution in [3.05, 3.63) is 11.6 Å². The van der Waals surface area contributed by atoms with E-state index in [1.165, 1.54) is 4.90 Å². The summed E-state index contributed by atoms with van der Waals surface area (Å²) in [6.45, 7) is 8.56. The van der Waals surface area contributed by atoms with Gasteiger partial charge in [0.2, 0.25) is 0 Å². The number of nitrogens with one attached hydrogen (secondary N) is 1. The van der Waals surface area contributed by atoms with Gasteiger partial charge in [0.05, 0.1) is 6.54 Å². The van der Waals surface area contributed by atoms with Crippen molar-refractivity contribution in [2.75, 3.05) is 39.3 Å². The number of hydrogen-bond donors (Lipinski definition) is 1. The number of aromatic nitrogens is 3. The Hall–Kier alpha value is -1.11. The van der Waals surface area contributed by atoms with E-state index in [4.69, 9.17) is 4.99 Å². The molecule has 1 aromatic heterocycles. The van der Waals surface area contributed by atoms with Crippen molar-refractivity contribution >= 4 is 29.9 Å². The van der Waals surface area contributed by atoms with Gasteiger partial charge in [-0.1, -0.05) is 20.3 Å². The lowest BCUT2D eigenvalue weighted by Crippen LogP contribution is -2.42. The number of guanidine groups is 1. The zero-order valence-electron chi connectivity index (χ0n) is 18.4. The van der Waals surface area contributed by atoms with Crippen LogP contribution in [0, 0.1) is 12.8 Å². The molecule has 0 bridgehead atoms. The van der Waals surface area contributed by atoms with Gasteiger partial charge in [-0.05, 0) is 32.2 Å². The first-order chi connectivity index (χ1) is 13.7. The number of aliphatic imine (C=N–C) groups is 1. The molecular formula is C19H35F3IN7. The van der Waals surface area contributed by atoms with Gasteiger partial charge in [-0.25, -0.2) is 4.99 Å². The SMILES string of the molecule is CCCCNC(=NCc1nnc(C)n1C)N1CCC(CN(CC)CC(F)(F)F)C1.I. The Morgan fingerprint density at radius 3 is 2.60 bits per heavy atom. The van der Waals surface area contributed by atoms with Crippen LogP contribution in [0.1, 0.15) is 44.8 Å². The van der Waals surface area contributed by atoms with Crippen LogP contribution >= 0.6 is 24.0 Å². The van der Waals surface area contributed by atoms with Crippen LogP contribution < -0.4 is 5.32 Å². The highest BCUT2D eigenvalue weighted by Gasteiger charge is 2.33. The lowest BCUT2D eigenvalue weighted by Gasteiger charge is -2.26. The molecule has 1 atom stereocenters. The zero-order chi connectivity index (χ0) is 21.4. The molecule has 0 aliphatic carbocycles. The number of halogens is 4. The molecule has 1 aliphatic rings. The third-order valence-electron chi connectivity index (χ3n) is 5.32. The van der Waals surface area contributed by atoms with Crippen LogP contribution in [0.15, 0.2) is 4.99 Å². The van der Waals surface area contributed by atoms with Gasteiger partial charge in [-0.15, -0.1) is 34.2 Å². The van der Waals surface area contributed by atoms with Gasteiger partial charge < -0.3 is 14.8 Å². The first kappa shape index (κ1) is 26.9. The van der Waals surface area contributed by atoms with E-state index in [9.17, 15) is 13.2 Å². The van der Waals surface area contributed by atoms with Gasteiger partial charge in [-0.3, -0.25) is 4.90 Å². The minimum absolute atomic E-state index is 0. The monoisotopic (exact) mass is 545 g/mol. The molecule has 1 unspecified atom stereocenters. The van der Waals surface area contributed by atoms with Gasteiger partial charge in [0.25, 0.3) is 0 Å². The molecule has 0 spiro atoms. The highest BCUT2D eigenvalue weighted by Crippen LogP contribution is 2.21. The molecular weight excluding hydrogens is 510 g/mol. The fourth-order valence-electron chi connectivity index (χ4n) is 3.48. The summed E-state index contributed by atoms with van der Waals surface area (Å²) in [5.41, 5.74) is 0. The summed E-state index contributed by atoms with van der Waals surface area (Å²) in [6, 6.07) is 0. The van der Waals surface area contributed by atoms with E-state index in [1.807, 2.05) is 18.5 Å². The van der Waals surface area contributed by atoms with E-state index in [1.54, 1.807) is 6.92 Å². The van der Waals surface area contributed by atoms with Gasteiger partial charge in [0.1, 0.15) is 12.4 Å². The summed E-state index contributed by atoms with van der Waals surface area (Å²) in [7, 11) is 1.91. The van der Waals surface area contributed by atoms with Crippen LogP contribution in [0.25, 0.3) is 0 Å². The normalized spacial score (nSPS) is 17.5. The Morgan fingerprint density at radius 1 is 1.30 bits per heavy atom. The van der Waals surface area contributed by atoms with Crippen molar-refractivity contribution in [2.24, 2.45) is 18.0 Å². The molecule has 2 heterocycles. The molecule has 11 heteroatoms. The topological polar surface area (TPSA) is 61.6 Å². The molecule has 1 aliphatic heterocycles. The minimum atomic E-state index is -4.16. The smallest absolute Gasteiger partial charge is 0.356 e. The molecule has 30 heavy (non-hydrogen) atoms. The average molecular weight is 545 g/mol. The first-order valence-corrected chi connectivity index (χ1v) is 10.4. The number of nitrogens with zero attached hydrogens (tertiary/aromatic N) is 6. The van der Waals surface area contributed by atoms with E-state index < -0.39 is 12.7 Å². The summed E-state index contributed by atoms with van der Waals surface area (Å²) < 4.78 is 40.2. The number of rotatable bonds is 9. The standard InChI is InChI=1S/C19H34F3N7.HI/c1-5-7-9-23-18(24-11-17-26-25-15(3)27(17)4)29-10-8-16(13-29)12-28(6-2)14-19(20,21)22;/h16H,5-14H2,1-4H3,(H,23,24);1H. The lowest BCUT2D eigenvalue weighted by atomic mass is 10.1. The van der Waals surface area contributed by atoms with Crippen molar-refractivity contribution in [3.8, 4) is 0 Å². The third kappa shape index (κ3) is 8.56. The minimum Gasteiger partial charge on any atom is -0.356 e. The van der Waals surface area contributed by atoms with Crippen molar-refractivity contribution < 1.29 is 13.2 Å². The number of unbranched alkanes of at least 4 members (excludes halogenated alkanes) is 1. The molecule has 7 nitrogen and oxygen atoms in total. The van der Waals surface area contributed by atoms with E-state index in [0.29, 0.717) is 26.2 Å². The van der Waals surface area contributed by atoms with Crippen LogP contribution in [0.3, 0.4) is 0 Å². The zero-order valence-corrected chi connectivity index (χ0v) is 20.7. The molecule has 0 saturated carbocycles. The molecule has 1 fully saturated rings. The van der Waals surface area contributed by atoms with Crippen molar-refractivity contribution in [3.63, 3.8) is 0 Å². The van der Waals surface area contributed by atoms with Crippen LogP contribution in [-0.2, 0) is 13.6 Å². The average Bonchev–Trinajstić information content (AvgIpc) is 3.24. The number of likely N-dealkylation sites (tertiary alicyclic amines) is 1. The maximum atomic E-state index is 12.7. The quantitative estimate of drug-likeness (QED) is 0.224. The van der Waals surface area contributed by atoms with Gasteiger partial charge in [-0.2, -0.15) is 13.2 Å². The molecule has 1 aromatic rings. The largest absolute Gasteiger partial charge is 0.401 e. The van der Waals surface area contributed by atoms with Crippen molar-refractivity contribution in [1.29, 1.82) is 0 Å². The fourth-order valence-corrected chi connectivity index (χ4v) is 3.48. The Labute approximate surface area is 194 Å². The van der Waals surface area contributed by atoms with Gasteiger partial charge in [0.15, 0.2) is 11.8 Å². The highest BCUT2D eigenvalue weighted by molar-refractivity contribution is 14.0. The molecule has 0 amide bonds. The maximum absolute atomic E-state index is 12.7. The fraction of sp³-hybridized carbons (Fsp3) is 0.842. The molecule has 0 aromatic carbocycles. The van der Waals surface area contributed by atoms with Crippen LogP contribution in [0.2, 0.25) is 0 Å². The Morgan fingerprint density at radius 2 is 2.03 bits per heavy atom. The summed E-state index contributed by atoms with van der Waals surface area (Å²) in [5, 5.41) is 11.6. The molecule has 174 valence electrons. The van der Waals surface area contributed by atoms with Crippen molar-refractivity contribution in [1.82, 2.24) is 29.9 Å². The van der Waals surface area contributed by atoms with E-state index in [0.717, 1.165) is 50.0 Å². The Kier molecular flexibility index (Phi) is 11.4. The second kappa shape index (κ2) is 12.7. The van der Waals surface area contributed by atoms with E-state index in [2.05, 4.69) is 27.3 Å². The van der Waals surface area contributed by atoms with Crippen LogP contribution in [0.4, 0.5) is 13.2 Å². The van der Waals surface area contributed by atoms with Gasteiger partial charge in [0, 0.05) is 33.2 Å². The summed E-state index contributed by atoms with van der Waals surface area (Å²) in [6.07, 6.45) is -1.17. The number of aryl methyl sites for hydroxylation is 1. The van der Waals surface area contributed by atoms with Crippen LogP contribution in [0.5, 0.6) is 0 Å². The Bertz CT molecular complexity index is 663. The third-order valence-corrected chi connectivity index (χ3v) is 5.32.